The third-order valence-electron chi connectivity index (χ3n) is 2.11. The maximum Gasteiger partial charge on any atom is 0.0991 e. The van der Waals surface area contributed by atoms with Crippen molar-refractivity contribution in [3.63, 3.8) is 0 Å². The minimum Gasteiger partial charge on any atom is -0.192 e. The second-order valence-corrected chi connectivity index (χ2v) is 3.27. The van der Waals surface area contributed by atoms with Gasteiger partial charge in [-0.2, -0.15) is 5.26 Å². The van der Waals surface area contributed by atoms with Crippen LogP contribution in [0.4, 0.5) is 0 Å². The summed E-state index contributed by atoms with van der Waals surface area (Å²) in [5.41, 5.74) is 3.47. The average molecular weight is 225 g/mol. The zero-order chi connectivity index (χ0) is 13.3. The van der Waals surface area contributed by atoms with E-state index in [1.807, 2.05) is 45.0 Å². The summed E-state index contributed by atoms with van der Waals surface area (Å²) in [6, 6.07) is 10.0. The highest BCUT2D eigenvalue weighted by molar-refractivity contribution is 5.82. The van der Waals surface area contributed by atoms with E-state index in [4.69, 9.17) is 5.26 Å². The third kappa shape index (κ3) is 4.53. The van der Waals surface area contributed by atoms with Crippen LogP contribution in [0.15, 0.2) is 55.1 Å². The molecular weight excluding hydrogens is 206 g/mol. The zero-order valence-electron chi connectivity index (χ0n) is 10.8. The Bertz CT molecular complexity index is 441. The monoisotopic (exact) mass is 225 g/mol. The standard InChI is InChI=1S/C14H13N.C2H6/c1-4-5-14(12(3)10-15)13-8-6-11(2)7-9-13;1-2/h4-9H,1,3H2,2H3;1-2H3/b14-5+;. The van der Waals surface area contributed by atoms with Crippen molar-refractivity contribution >= 4 is 5.57 Å². The Morgan fingerprint density at radius 1 is 1.24 bits per heavy atom. The van der Waals surface area contributed by atoms with Crippen LogP contribution in [0, 0.1) is 18.3 Å². The smallest absolute Gasteiger partial charge is 0.0991 e. The van der Waals surface area contributed by atoms with Crippen molar-refractivity contribution in [3.05, 3.63) is 66.3 Å². The molecule has 0 aromatic heterocycles. The maximum absolute atomic E-state index is 8.82. The molecular formula is C16H19N. The number of rotatable bonds is 3. The molecule has 1 aromatic carbocycles. The fourth-order valence-corrected chi connectivity index (χ4v) is 1.28. The van der Waals surface area contributed by atoms with Crippen LogP contribution in [-0.2, 0) is 0 Å². The van der Waals surface area contributed by atoms with Crippen LogP contribution in [-0.4, -0.2) is 0 Å². The van der Waals surface area contributed by atoms with Gasteiger partial charge in [0.15, 0.2) is 0 Å². The highest BCUT2D eigenvalue weighted by Gasteiger charge is 2.03. The van der Waals surface area contributed by atoms with Gasteiger partial charge >= 0.3 is 0 Å². The highest BCUT2D eigenvalue weighted by atomic mass is 14.2. The third-order valence-corrected chi connectivity index (χ3v) is 2.11. The maximum atomic E-state index is 8.82. The lowest BCUT2D eigenvalue weighted by Crippen LogP contribution is -1.86. The van der Waals surface area contributed by atoms with Gasteiger partial charge in [0.1, 0.15) is 0 Å². The van der Waals surface area contributed by atoms with Crippen molar-refractivity contribution < 1.29 is 0 Å². The van der Waals surface area contributed by atoms with Crippen LogP contribution in [0.2, 0.25) is 0 Å². The SMILES string of the molecule is C=C/C=C(\C(=C)C#N)c1ccc(C)cc1.CC. The van der Waals surface area contributed by atoms with Crippen molar-refractivity contribution in [2.75, 3.05) is 0 Å². The molecule has 0 saturated carbocycles. The first-order chi connectivity index (χ1) is 8.19. The predicted molar refractivity (Wildman–Crippen MR) is 75.5 cm³/mol. The molecule has 0 unspecified atom stereocenters. The second-order valence-electron chi connectivity index (χ2n) is 3.27. The van der Waals surface area contributed by atoms with Crippen molar-refractivity contribution in [1.29, 1.82) is 5.26 Å². The lowest BCUT2D eigenvalue weighted by Gasteiger charge is -2.04. The van der Waals surface area contributed by atoms with E-state index in [0.717, 1.165) is 11.1 Å². The molecule has 0 aliphatic heterocycles. The number of aryl methyl sites for hydroxylation is 1. The summed E-state index contributed by atoms with van der Waals surface area (Å²) in [6.45, 7) is 13.4. The van der Waals surface area contributed by atoms with Gasteiger partial charge in [-0.3, -0.25) is 0 Å². The zero-order valence-corrected chi connectivity index (χ0v) is 10.8. The molecule has 0 aliphatic carbocycles. The topological polar surface area (TPSA) is 23.8 Å². The van der Waals surface area contributed by atoms with E-state index in [9.17, 15) is 0 Å². The molecule has 0 saturated heterocycles. The lowest BCUT2D eigenvalue weighted by atomic mass is 9.98. The molecule has 1 rings (SSSR count). The van der Waals surface area contributed by atoms with Gasteiger partial charge in [-0.05, 0) is 18.1 Å². The van der Waals surface area contributed by atoms with Gasteiger partial charge in [0.05, 0.1) is 11.6 Å². The van der Waals surface area contributed by atoms with Crippen molar-refractivity contribution in [3.8, 4) is 6.07 Å². The first-order valence-corrected chi connectivity index (χ1v) is 5.68. The Labute approximate surface area is 104 Å². The first kappa shape index (κ1) is 14.9. The van der Waals surface area contributed by atoms with Crippen LogP contribution in [0.1, 0.15) is 25.0 Å². The normalized spacial score (nSPS) is 9.65. The fourth-order valence-electron chi connectivity index (χ4n) is 1.28. The second kappa shape index (κ2) is 8.13. The molecule has 1 heteroatoms. The summed E-state index contributed by atoms with van der Waals surface area (Å²) >= 11 is 0. The van der Waals surface area contributed by atoms with Crippen LogP contribution < -0.4 is 0 Å². The van der Waals surface area contributed by atoms with Gasteiger partial charge in [0.25, 0.3) is 0 Å². The number of benzene rings is 1. The molecule has 1 aromatic rings. The molecule has 0 fully saturated rings. The van der Waals surface area contributed by atoms with E-state index < -0.39 is 0 Å². The molecule has 0 heterocycles. The van der Waals surface area contributed by atoms with Crippen LogP contribution in [0.3, 0.4) is 0 Å². The van der Waals surface area contributed by atoms with Crippen molar-refractivity contribution in [1.82, 2.24) is 0 Å². The summed E-state index contributed by atoms with van der Waals surface area (Å²) in [6.07, 6.45) is 3.47. The van der Waals surface area contributed by atoms with Gasteiger partial charge in [-0.1, -0.05) is 69.0 Å². The molecule has 17 heavy (non-hydrogen) atoms. The number of nitrogens with zero attached hydrogens (tertiary/aromatic N) is 1. The minimum absolute atomic E-state index is 0.457. The van der Waals surface area contributed by atoms with E-state index in [0.29, 0.717) is 5.57 Å². The van der Waals surface area contributed by atoms with Crippen molar-refractivity contribution in [2.24, 2.45) is 0 Å². The Morgan fingerprint density at radius 3 is 2.18 bits per heavy atom. The molecule has 0 amide bonds. The summed E-state index contributed by atoms with van der Waals surface area (Å²) < 4.78 is 0. The molecule has 1 nitrogen and oxygen atoms in total. The number of allylic oxidation sites excluding steroid dienone is 4. The summed E-state index contributed by atoms with van der Waals surface area (Å²) in [4.78, 5) is 0. The molecule has 0 aliphatic rings. The van der Waals surface area contributed by atoms with Crippen LogP contribution in [0.25, 0.3) is 5.57 Å². The Balaban J connectivity index is 0.00000121. The minimum atomic E-state index is 0.457. The van der Waals surface area contributed by atoms with Gasteiger partial charge in [-0.15, -0.1) is 0 Å². The lowest BCUT2D eigenvalue weighted by molar-refractivity contribution is 1.44. The van der Waals surface area contributed by atoms with Crippen molar-refractivity contribution in [2.45, 2.75) is 20.8 Å². The number of hydrogen-bond acceptors (Lipinski definition) is 1. The molecule has 0 bridgehead atoms. The van der Waals surface area contributed by atoms with Gasteiger partial charge in [-0.25, -0.2) is 0 Å². The predicted octanol–water partition coefficient (Wildman–Crippen LogP) is 4.67. The molecule has 88 valence electrons. The Morgan fingerprint density at radius 2 is 1.76 bits per heavy atom. The molecule has 0 atom stereocenters. The van der Waals surface area contributed by atoms with E-state index in [1.54, 1.807) is 12.2 Å². The number of nitriles is 1. The molecule has 0 N–H and O–H groups in total. The first-order valence-electron chi connectivity index (χ1n) is 5.68. The quantitative estimate of drug-likeness (QED) is 0.541. The van der Waals surface area contributed by atoms with E-state index in [1.165, 1.54) is 5.56 Å². The van der Waals surface area contributed by atoms with Crippen LogP contribution >= 0.6 is 0 Å². The van der Waals surface area contributed by atoms with Gasteiger partial charge in [0, 0.05) is 0 Å². The largest absolute Gasteiger partial charge is 0.192 e. The van der Waals surface area contributed by atoms with Crippen LogP contribution in [0.5, 0.6) is 0 Å². The van der Waals surface area contributed by atoms with E-state index in [2.05, 4.69) is 19.2 Å². The summed E-state index contributed by atoms with van der Waals surface area (Å²) in [5.74, 6) is 0. The summed E-state index contributed by atoms with van der Waals surface area (Å²) in [7, 11) is 0. The Kier molecular flexibility index (Phi) is 7.14. The molecule has 0 radical (unpaired) electrons. The van der Waals surface area contributed by atoms with E-state index >= 15 is 0 Å². The highest BCUT2D eigenvalue weighted by Crippen LogP contribution is 2.21. The number of hydrogen-bond donors (Lipinski definition) is 0. The molecule has 0 spiro atoms. The Hall–Kier alpha value is -2.07. The summed E-state index contributed by atoms with van der Waals surface area (Å²) in [5, 5.41) is 8.82. The average Bonchev–Trinajstić information content (AvgIpc) is 2.39. The van der Waals surface area contributed by atoms with Gasteiger partial charge in [0.2, 0.25) is 0 Å². The van der Waals surface area contributed by atoms with Gasteiger partial charge < -0.3 is 0 Å². The van der Waals surface area contributed by atoms with E-state index in [-0.39, 0.29) is 0 Å². The fraction of sp³-hybridized carbons (Fsp3) is 0.188.